The first kappa shape index (κ1) is 36.2. The van der Waals surface area contributed by atoms with Crippen LogP contribution in [0.15, 0.2) is 72.1 Å². The normalized spacial score (nSPS) is 18.1. The first-order valence-electron chi connectivity index (χ1n) is 18.6. The minimum absolute atomic E-state index is 0.0541. The van der Waals surface area contributed by atoms with Crippen LogP contribution in [0.4, 0.5) is 0 Å². The van der Waals surface area contributed by atoms with Crippen LogP contribution < -0.4 is 33.7 Å². The summed E-state index contributed by atoms with van der Waals surface area (Å²) in [6.07, 6.45) is 3.29. The lowest BCUT2D eigenvalue weighted by molar-refractivity contribution is 0.219. The smallest absolute Gasteiger partial charge is 0.204 e. The molecule has 2 unspecified atom stereocenters. The lowest BCUT2D eigenvalue weighted by Gasteiger charge is -2.38. The van der Waals surface area contributed by atoms with Gasteiger partial charge in [-0.15, -0.1) is 11.3 Å². The lowest BCUT2D eigenvalue weighted by atomic mass is 9.84. The summed E-state index contributed by atoms with van der Waals surface area (Å²) in [5.41, 5.74) is 8.26. The van der Waals surface area contributed by atoms with E-state index in [1.807, 2.05) is 6.07 Å². The highest BCUT2D eigenvalue weighted by atomic mass is 32.1. The Labute approximate surface area is 322 Å². The van der Waals surface area contributed by atoms with Crippen LogP contribution in [-0.4, -0.2) is 65.4 Å². The Bertz CT molecular complexity index is 2120. The average molecular weight is 748 g/mol. The molecule has 10 heteroatoms. The predicted molar refractivity (Wildman–Crippen MR) is 213 cm³/mol. The summed E-state index contributed by atoms with van der Waals surface area (Å²) in [6, 6.07) is 23.4. The Morgan fingerprint density at radius 3 is 2.19 bits per heavy atom. The molecular weight excluding hydrogens is 699 g/mol. The Kier molecular flexibility index (Phi) is 10.4. The van der Waals surface area contributed by atoms with Gasteiger partial charge >= 0.3 is 0 Å². The molecule has 282 valence electrons. The Morgan fingerprint density at radius 2 is 1.44 bits per heavy atom. The van der Waals surface area contributed by atoms with Crippen LogP contribution in [0.5, 0.6) is 46.0 Å². The van der Waals surface area contributed by atoms with E-state index in [9.17, 15) is 0 Å². The van der Waals surface area contributed by atoms with Crippen molar-refractivity contribution in [3.8, 4) is 46.0 Å². The van der Waals surface area contributed by atoms with Crippen molar-refractivity contribution in [3.63, 3.8) is 0 Å². The molecule has 4 aliphatic heterocycles. The number of methoxy groups -OCH3 is 4. The van der Waals surface area contributed by atoms with Crippen LogP contribution in [0.2, 0.25) is 0 Å². The van der Waals surface area contributed by atoms with Gasteiger partial charge in [0.15, 0.2) is 34.5 Å². The van der Waals surface area contributed by atoms with Crippen LogP contribution in [0, 0.1) is 0 Å². The van der Waals surface area contributed by atoms with Gasteiger partial charge in [0.25, 0.3) is 0 Å². The van der Waals surface area contributed by atoms with E-state index in [-0.39, 0.29) is 12.1 Å². The summed E-state index contributed by atoms with van der Waals surface area (Å²) < 4.78 is 38.2. The van der Waals surface area contributed by atoms with Crippen molar-refractivity contribution in [1.82, 2.24) is 15.1 Å². The minimum Gasteiger partial charge on any atom is -0.493 e. The van der Waals surface area contributed by atoms with Crippen molar-refractivity contribution in [2.24, 2.45) is 0 Å². The van der Waals surface area contributed by atoms with Gasteiger partial charge in [-0.1, -0.05) is 24.3 Å². The second-order valence-electron chi connectivity index (χ2n) is 14.4. The van der Waals surface area contributed by atoms with E-state index in [1.165, 1.54) is 27.1 Å². The van der Waals surface area contributed by atoms with Crippen molar-refractivity contribution >= 4 is 11.3 Å². The summed E-state index contributed by atoms with van der Waals surface area (Å²) in [4.78, 5) is 6.14. The third-order valence-electron chi connectivity index (χ3n) is 11.3. The summed E-state index contributed by atoms with van der Waals surface area (Å²) in [6.45, 7) is 3.20. The highest BCUT2D eigenvalue weighted by molar-refractivity contribution is 7.09. The van der Waals surface area contributed by atoms with E-state index in [4.69, 9.17) is 28.4 Å². The van der Waals surface area contributed by atoms with Crippen LogP contribution >= 0.6 is 11.3 Å². The zero-order valence-electron chi connectivity index (χ0n) is 32.0. The molecule has 54 heavy (non-hydrogen) atoms. The Morgan fingerprint density at radius 1 is 0.722 bits per heavy atom. The second-order valence-corrected chi connectivity index (χ2v) is 15.4. The monoisotopic (exact) mass is 747 g/mol. The predicted octanol–water partition coefficient (Wildman–Crippen LogP) is 8.51. The fourth-order valence-corrected chi connectivity index (χ4v) is 9.09. The maximum Gasteiger partial charge on any atom is 0.204 e. The van der Waals surface area contributed by atoms with Crippen molar-refractivity contribution in [3.05, 3.63) is 116 Å². The lowest BCUT2D eigenvalue weighted by Crippen LogP contribution is -2.35. The van der Waals surface area contributed by atoms with Gasteiger partial charge in [-0.3, -0.25) is 9.80 Å². The SMILES string of the molecule is COc1ccc2cc1Oc1ccc(cc1)CC1c3cc(c(OC)cc3CCN1C)Oc1c(OC)c(OC)c(CNCc3cccs3)c3c1C(C2)N(C)CC3. The van der Waals surface area contributed by atoms with E-state index in [1.54, 1.807) is 39.8 Å². The molecule has 5 heterocycles. The molecule has 0 amide bonds. The third-order valence-corrected chi connectivity index (χ3v) is 12.2. The topological polar surface area (TPSA) is 73.9 Å². The molecule has 4 aromatic carbocycles. The summed E-state index contributed by atoms with van der Waals surface area (Å²) in [7, 11) is 11.2. The second kappa shape index (κ2) is 15.5. The molecule has 0 saturated carbocycles. The van der Waals surface area contributed by atoms with Gasteiger partial charge in [0.2, 0.25) is 5.75 Å². The maximum absolute atomic E-state index is 7.23. The van der Waals surface area contributed by atoms with Gasteiger partial charge in [-0.2, -0.15) is 0 Å². The van der Waals surface area contributed by atoms with Crippen molar-refractivity contribution in [2.75, 3.05) is 55.6 Å². The molecule has 1 N–H and O–H groups in total. The molecule has 0 saturated heterocycles. The summed E-state index contributed by atoms with van der Waals surface area (Å²) in [5.74, 6) is 5.41. The third kappa shape index (κ3) is 6.88. The molecule has 6 bridgehead atoms. The molecule has 0 fully saturated rings. The van der Waals surface area contributed by atoms with Crippen molar-refractivity contribution in [2.45, 2.75) is 50.9 Å². The summed E-state index contributed by atoms with van der Waals surface area (Å²) >= 11 is 1.75. The Hall–Kier alpha value is -4.74. The highest BCUT2D eigenvalue weighted by Gasteiger charge is 2.37. The van der Waals surface area contributed by atoms with E-state index < -0.39 is 0 Å². The fourth-order valence-electron chi connectivity index (χ4n) is 8.42. The van der Waals surface area contributed by atoms with Gasteiger partial charge in [-0.25, -0.2) is 0 Å². The van der Waals surface area contributed by atoms with Crippen LogP contribution in [-0.2, 0) is 38.8 Å². The number of thiophene rings is 1. The van der Waals surface area contributed by atoms with E-state index in [0.717, 1.165) is 61.3 Å². The van der Waals surface area contributed by atoms with Crippen LogP contribution in [0.1, 0.15) is 55.9 Å². The van der Waals surface area contributed by atoms with Gasteiger partial charge < -0.3 is 33.7 Å². The number of rotatable bonds is 8. The largest absolute Gasteiger partial charge is 0.493 e. The van der Waals surface area contributed by atoms with Gasteiger partial charge in [0.05, 0.1) is 28.4 Å². The van der Waals surface area contributed by atoms with Gasteiger partial charge in [-0.05, 0) is 115 Å². The van der Waals surface area contributed by atoms with Crippen molar-refractivity contribution < 1.29 is 28.4 Å². The number of hydrogen-bond donors (Lipinski definition) is 1. The number of nitrogens with one attached hydrogen (secondary N) is 1. The first-order chi connectivity index (χ1) is 26.4. The molecule has 9 rings (SSSR count). The molecule has 5 aromatic rings. The highest BCUT2D eigenvalue weighted by Crippen LogP contribution is 2.54. The average Bonchev–Trinajstić information content (AvgIpc) is 3.71. The summed E-state index contributed by atoms with van der Waals surface area (Å²) in [5, 5.41) is 5.81. The van der Waals surface area contributed by atoms with E-state index >= 15 is 0 Å². The Balaban J connectivity index is 1.34. The number of nitrogens with zero attached hydrogens (tertiary/aromatic N) is 2. The molecule has 2 atom stereocenters. The maximum atomic E-state index is 7.23. The van der Waals surface area contributed by atoms with Crippen LogP contribution in [0.3, 0.4) is 0 Å². The molecule has 1 aromatic heterocycles. The zero-order chi connectivity index (χ0) is 37.3. The standard InChI is InChI=1S/C44H49N3O6S/c1-46-17-15-29-23-38(49-4)40-24-33(29)35(46)20-27-9-12-30(13-10-27)52-39-22-28(11-14-37(39)48-3)21-36-41-32(16-18-47(36)2)34(26-45-25-31-8-7-19-54-31)42(50-5)44(51-6)43(41)53-40/h7-14,19,22-24,35-36,45H,15-18,20-21,25-26H2,1-6H3. The van der Waals surface area contributed by atoms with Crippen LogP contribution in [0.25, 0.3) is 0 Å². The number of ether oxygens (including phenoxy) is 6. The van der Waals surface area contributed by atoms with E-state index in [2.05, 4.69) is 95.3 Å². The van der Waals surface area contributed by atoms with Gasteiger partial charge in [0.1, 0.15) is 5.75 Å². The molecule has 0 aliphatic carbocycles. The van der Waals surface area contributed by atoms with Gasteiger partial charge in [0, 0.05) is 54.3 Å². The molecule has 9 nitrogen and oxygen atoms in total. The minimum atomic E-state index is -0.0541. The number of hydrogen-bond acceptors (Lipinski definition) is 10. The number of likely N-dealkylation sites (N-methyl/N-ethyl adjacent to an activating group) is 2. The molecular formula is C44H49N3O6S. The number of fused-ring (bicyclic) bond motifs is 2. The van der Waals surface area contributed by atoms with Crippen molar-refractivity contribution in [1.29, 1.82) is 0 Å². The quantitative estimate of drug-likeness (QED) is 0.168. The molecule has 4 aliphatic rings. The zero-order valence-corrected chi connectivity index (χ0v) is 32.8. The molecule has 0 radical (unpaired) electrons. The number of benzene rings is 4. The van der Waals surface area contributed by atoms with E-state index in [0.29, 0.717) is 53.2 Å². The fraction of sp³-hybridized carbons (Fsp3) is 0.364. The first-order valence-corrected chi connectivity index (χ1v) is 19.5. The molecule has 0 spiro atoms.